The van der Waals surface area contributed by atoms with Gasteiger partial charge in [-0.3, -0.25) is 25.0 Å². The number of benzene rings is 2. The lowest BCUT2D eigenvalue weighted by molar-refractivity contribution is -0.384. The minimum absolute atomic E-state index is 0.0348. The predicted molar refractivity (Wildman–Crippen MR) is 107 cm³/mol. The molecule has 11 heteroatoms. The minimum atomic E-state index is -3.80. The molecule has 0 amide bonds. The molecule has 0 aliphatic heterocycles. The number of rotatable bonds is 5. The molecule has 0 radical (unpaired) electrons. The molecular weight excluding hydrogens is 398 g/mol. The molecule has 10 nitrogen and oxygen atoms in total. The second kappa shape index (κ2) is 7.45. The van der Waals surface area contributed by atoms with E-state index in [2.05, 4.69) is 10.1 Å². The summed E-state index contributed by atoms with van der Waals surface area (Å²) in [5, 5.41) is 18.8. The standard InChI is InChI=1S/C18H17N5O5S/c1-11(20-13-3-9-16(10-4-13)29(19,27)28)17-12(2)21-22(18(17)24)14-5-7-15(8-6-14)23(25)26/h3-10,21H,1-2H3,(H2,19,27,28). The van der Waals surface area contributed by atoms with Gasteiger partial charge in [0.2, 0.25) is 10.0 Å². The fourth-order valence-electron chi connectivity index (χ4n) is 2.84. The highest BCUT2D eigenvalue weighted by Gasteiger charge is 2.16. The van der Waals surface area contributed by atoms with E-state index in [1.807, 2.05) is 0 Å². The number of hydrogen-bond acceptors (Lipinski definition) is 6. The summed E-state index contributed by atoms with van der Waals surface area (Å²) in [7, 11) is -3.80. The molecule has 3 N–H and O–H groups in total. The number of H-pyrrole nitrogens is 1. The number of aryl methyl sites for hydroxylation is 1. The topological polar surface area (TPSA) is 153 Å². The predicted octanol–water partition coefficient (Wildman–Crippen LogP) is 2.17. The number of nitro benzene ring substituents is 1. The molecule has 0 saturated heterocycles. The van der Waals surface area contributed by atoms with Crippen molar-refractivity contribution < 1.29 is 13.3 Å². The largest absolute Gasteiger partial charge is 0.295 e. The van der Waals surface area contributed by atoms with Crippen LogP contribution >= 0.6 is 0 Å². The zero-order chi connectivity index (χ0) is 21.3. The van der Waals surface area contributed by atoms with E-state index >= 15 is 0 Å². The van der Waals surface area contributed by atoms with Gasteiger partial charge in [0.1, 0.15) is 0 Å². The Kier molecular flexibility index (Phi) is 5.18. The number of hydrogen-bond donors (Lipinski definition) is 2. The molecule has 0 bridgehead atoms. The lowest BCUT2D eigenvalue weighted by atomic mass is 10.1. The molecule has 1 aromatic heterocycles. The first-order valence-electron chi connectivity index (χ1n) is 8.33. The maximum absolute atomic E-state index is 12.8. The lowest BCUT2D eigenvalue weighted by Gasteiger charge is -2.01. The fraction of sp³-hybridized carbons (Fsp3) is 0.111. The van der Waals surface area contributed by atoms with Crippen LogP contribution in [0.2, 0.25) is 0 Å². The molecule has 0 fully saturated rings. The van der Waals surface area contributed by atoms with Crippen molar-refractivity contribution in [1.29, 1.82) is 0 Å². The van der Waals surface area contributed by atoms with Gasteiger partial charge >= 0.3 is 0 Å². The molecule has 3 aromatic rings. The van der Waals surface area contributed by atoms with Crippen LogP contribution in [0.4, 0.5) is 11.4 Å². The second-order valence-electron chi connectivity index (χ2n) is 6.26. The third-order valence-electron chi connectivity index (χ3n) is 4.21. The summed E-state index contributed by atoms with van der Waals surface area (Å²) in [5.41, 5.74) is 1.80. The van der Waals surface area contributed by atoms with Gasteiger partial charge in [0, 0.05) is 17.8 Å². The van der Waals surface area contributed by atoms with E-state index in [4.69, 9.17) is 5.14 Å². The average Bonchev–Trinajstić information content (AvgIpc) is 2.95. The molecular formula is C18H17N5O5S. The molecule has 0 atom stereocenters. The normalized spacial score (nSPS) is 12.2. The number of nitro groups is 1. The van der Waals surface area contributed by atoms with Crippen LogP contribution in [0.5, 0.6) is 0 Å². The maximum Gasteiger partial charge on any atom is 0.280 e. The molecule has 29 heavy (non-hydrogen) atoms. The van der Waals surface area contributed by atoms with Crippen LogP contribution in [0.3, 0.4) is 0 Å². The van der Waals surface area contributed by atoms with Crippen LogP contribution in [0.15, 0.2) is 63.2 Å². The van der Waals surface area contributed by atoms with Gasteiger partial charge in [0.15, 0.2) is 0 Å². The Labute approximate surface area is 165 Å². The van der Waals surface area contributed by atoms with Crippen LogP contribution in [0.1, 0.15) is 18.2 Å². The molecule has 0 aliphatic carbocycles. The van der Waals surface area contributed by atoms with Gasteiger partial charge in [0.05, 0.1) is 32.5 Å². The van der Waals surface area contributed by atoms with Crippen molar-refractivity contribution in [3.63, 3.8) is 0 Å². The van der Waals surface area contributed by atoms with Crippen LogP contribution in [-0.4, -0.2) is 28.8 Å². The fourth-order valence-corrected chi connectivity index (χ4v) is 3.35. The molecule has 2 aromatic carbocycles. The van der Waals surface area contributed by atoms with Crippen molar-refractivity contribution in [2.75, 3.05) is 0 Å². The van der Waals surface area contributed by atoms with Crippen molar-refractivity contribution in [3.05, 3.63) is 80.3 Å². The van der Waals surface area contributed by atoms with Gasteiger partial charge in [0.25, 0.3) is 11.2 Å². The Hall–Kier alpha value is -3.57. The number of primary sulfonamides is 1. The third-order valence-corrected chi connectivity index (χ3v) is 5.14. The van der Waals surface area contributed by atoms with E-state index in [0.29, 0.717) is 28.3 Å². The molecule has 0 saturated carbocycles. The Morgan fingerprint density at radius 3 is 2.24 bits per heavy atom. The van der Waals surface area contributed by atoms with Gasteiger partial charge in [-0.1, -0.05) is 0 Å². The highest BCUT2D eigenvalue weighted by atomic mass is 32.2. The third kappa shape index (κ3) is 4.15. The van der Waals surface area contributed by atoms with E-state index in [-0.39, 0.29) is 16.1 Å². The first-order chi connectivity index (χ1) is 13.6. The first-order valence-corrected chi connectivity index (χ1v) is 9.87. The number of non-ortho nitro benzene ring substituents is 1. The Balaban J connectivity index is 1.98. The van der Waals surface area contributed by atoms with Crippen LogP contribution in [0.25, 0.3) is 5.69 Å². The van der Waals surface area contributed by atoms with Crippen molar-refractivity contribution in [3.8, 4) is 5.69 Å². The van der Waals surface area contributed by atoms with Crippen molar-refractivity contribution in [2.45, 2.75) is 18.7 Å². The van der Waals surface area contributed by atoms with E-state index in [0.717, 1.165) is 0 Å². The average molecular weight is 415 g/mol. The molecule has 0 spiro atoms. The van der Waals surface area contributed by atoms with Gasteiger partial charge in [-0.2, -0.15) is 0 Å². The molecule has 0 unspecified atom stereocenters. The van der Waals surface area contributed by atoms with Crippen LogP contribution < -0.4 is 10.7 Å². The first kappa shape index (κ1) is 20.2. The molecule has 3 rings (SSSR count). The van der Waals surface area contributed by atoms with Crippen LogP contribution in [-0.2, 0) is 10.0 Å². The van der Waals surface area contributed by atoms with Crippen molar-refractivity contribution in [1.82, 2.24) is 9.78 Å². The van der Waals surface area contributed by atoms with E-state index in [9.17, 15) is 23.3 Å². The smallest absolute Gasteiger partial charge is 0.280 e. The number of aromatic nitrogens is 2. The lowest BCUT2D eigenvalue weighted by Crippen LogP contribution is -2.19. The summed E-state index contributed by atoms with van der Waals surface area (Å²) in [4.78, 5) is 27.5. The summed E-state index contributed by atoms with van der Waals surface area (Å²) in [6.07, 6.45) is 0. The van der Waals surface area contributed by atoms with Crippen LogP contribution in [0, 0.1) is 17.0 Å². The van der Waals surface area contributed by atoms with Gasteiger partial charge in [-0.25, -0.2) is 18.2 Å². The Morgan fingerprint density at radius 2 is 1.72 bits per heavy atom. The quantitative estimate of drug-likeness (QED) is 0.371. The second-order valence-corrected chi connectivity index (χ2v) is 7.82. The summed E-state index contributed by atoms with van der Waals surface area (Å²) in [6.45, 7) is 3.37. The monoisotopic (exact) mass is 415 g/mol. The van der Waals surface area contributed by atoms with Gasteiger partial charge in [-0.05, 0) is 50.2 Å². The summed E-state index contributed by atoms with van der Waals surface area (Å²) in [6, 6.07) is 11.2. The number of nitrogens with zero attached hydrogens (tertiary/aromatic N) is 3. The van der Waals surface area contributed by atoms with Crippen molar-refractivity contribution in [2.24, 2.45) is 10.1 Å². The molecule has 1 heterocycles. The van der Waals surface area contributed by atoms with E-state index in [1.54, 1.807) is 13.8 Å². The number of nitrogens with two attached hydrogens (primary N) is 1. The molecule has 150 valence electrons. The van der Waals surface area contributed by atoms with Gasteiger partial charge < -0.3 is 0 Å². The van der Waals surface area contributed by atoms with Crippen molar-refractivity contribution >= 4 is 27.1 Å². The summed E-state index contributed by atoms with van der Waals surface area (Å²) in [5.74, 6) is 0. The Bertz CT molecular complexity index is 1270. The number of aliphatic imine (C=N–C) groups is 1. The SMILES string of the molecule is CC(=Nc1ccc(S(N)(=O)=O)cc1)c1c(C)[nH]n(-c2ccc([N+](=O)[O-])cc2)c1=O. The highest BCUT2D eigenvalue weighted by molar-refractivity contribution is 7.89. The highest BCUT2D eigenvalue weighted by Crippen LogP contribution is 2.18. The molecule has 0 aliphatic rings. The zero-order valence-electron chi connectivity index (χ0n) is 15.5. The zero-order valence-corrected chi connectivity index (χ0v) is 16.3. The Morgan fingerprint density at radius 1 is 1.14 bits per heavy atom. The van der Waals surface area contributed by atoms with Gasteiger partial charge in [-0.15, -0.1) is 0 Å². The summed E-state index contributed by atoms with van der Waals surface area (Å²) >= 11 is 0. The number of aromatic amines is 1. The van der Waals surface area contributed by atoms with E-state index in [1.165, 1.54) is 53.2 Å². The number of nitrogens with one attached hydrogen (secondary N) is 1. The maximum atomic E-state index is 12.8. The minimum Gasteiger partial charge on any atom is -0.295 e. The summed E-state index contributed by atoms with van der Waals surface area (Å²) < 4.78 is 23.9. The number of sulfonamides is 1. The van der Waals surface area contributed by atoms with E-state index < -0.39 is 14.9 Å².